The van der Waals surface area contributed by atoms with E-state index in [0.717, 1.165) is 5.56 Å². The van der Waals surface area contributed by atoms with Gasteiger partial charge in [0.15, 0.2) is 0 Å². The molecule has 2 aromatic carbocycles. The lowest BCUT2D eigenvalue weighted by Gasteiger charge is -2.18. The van der Waals surface area contributed by atoms with Gasteiger partial charge in [-0.2, -0.15) is 0 Å². The van der Waals surface area contributed by atoms with Crippen molar-refractivity contribution < 1.29 is 13.9 Å². The van der Waals surface area contributed by atoms with E-state index in [1.807, 2.05) is 0 Å². The molecule has 0 aliphatic carbocycles. The van der Waals surface area contributed by atoms with Gasteiger partial charge in [0, 0.05) is 5.92 Å². The van der Waals surface area contributed by atoms with Crippen LogP contribution >= 0.6 is 0 Å². The zero-order chi connectivity index (χ0) is 14.5. The topological polar surface area (TPSA) is 20.2 Å². The van der Waals surface area contributed by atoms with Crippen molar-refractivity contribution in [3.63, 3.8) is 0 Å². The molecule has 0 heterocycles. The van der Waals surface area contributed by atoms with Gasteiger partial charge in [-0.3, -0.25) is 0 Å². The van der Waals surface area contributed by atoms with Gasteiger partial charge in [0.25, 0.3) is 0 Å². The van der Waals surface area contributed by atoms with Gasteiger partial charge in [0.05, 0.1) is 6.10 Å². The predicted octanol–water partition coefficient (Wildman–Crippen LogP) is 4.36. The summed E-state index contributed by atoms with van der Waals surface area (Å²) in [7, 11) is 0. The van der Waals surface area contributed by atoms with Crippen LogP contribution in [0.5, 0.6) is 0 Å². The van der Waals surface area contributed by atoms with E-state index in [4.69, 9.17) is 0 Å². The Morgan fingerprint density at radius 2 is 1.35 bits per heavy atom. The number of aliphatic hydroxyl groups is 1. The lowest BCUT2D eigenvalue weighted by Crippen LogP contribution is -2.04. The molecule has 2 atom stereocenters. The minimum Gasteiger partial charge on any atom is -0.388 e. The van der Waals surface area contributed by atoms with Gasteiger partial charge in [-0.25, -0.2) is 8.78 Å². The first-order valence-electron chi connectivity index (χ1n) is 6.41. The molecule has 0 fully saturated rings. The van der Waals surface area contributed by atoms with Crippen molar-refractivity contribution in [1.29, 1.82) is 0 Å². The zero-order valence-electron chi connectivity index (χ0n) is 11.0. The summed E-state index contributed by atoms with van der Waals surface area (Å²) in [6, 6.07) is 11.9. The average molecular weight is 274 g/mol. The fourth-order valence-corrected chi connectivity index (χ4v) is 2.14. The monoisotopic (exact) mass is 274 g/mol. The zero-order valence-corrected chi connectivity index (χ0v) is 11.0. The molecular formula is C17H16F2O. The van der Waals surface area contributed by atoms with Crippen LogP contribution in [0.15, 0.2) is 61.2 Å². The maximum Gasteiger partial charge on any atom is 0.123 e. The van der Waals surface area contributed by atoms with Crippen LogP contribution in [0.2, 0.25) is 0 Å². The van der Waals surface area contributed by atoms with Gasteiger partial charge in [0.2, 0.25) is 0 Å². The first-order valence-corrected chi connectivity index (χ1v) is 6.41. The third-order valence-electron chi connectivity index (χ3n) is 3.31. The molecule has 3 heteroatoms. The molecule has 2 rings (SSSR count). The Labute approximate surface area is 117 Å². The first-order chi connectivity index (χ1) is 9.60. The van der Waals surface area contributed by atoms with Gasteiger partial charge in [0.1, 0.15) is 11.6 Å². The molecule has 1 nitrogen and oxygen atoms in total. The summed E-state index contributed by atoms with van der Waals surface area (Å²) in [6.07, 6.45) is 1.42. The first kappa shape index (κ1) is 14.4. The van der Waals surface area contributed by atoms with E-state index in [1.165, 1.54) is 24.3 Å². The summed E-state index contributed by atoms with van der Waals surface area (Å²) in [5, 5.41) is 10.2. The molecule has 20 heavy (non-hydrogen) atoms. The number of halogens is 2. The SMILES string of the molecule is C=C[C@@H](C[C@@H](O)c1ccc(F)cc1)c1ccc(F)cc1. The van der Waals surface area contributed by atoms with Crippen molar-refractivity contribution in [3.05, 3.63) is 83.9 Å². The summed E-state index contributed by atoms with van der Waals surface area (Å²) in [6.45, 7) is 3.76. The highest BCUT2D eigenvalue weighted by Crippen LogP contribution is 2.29. The van der Waals surface area contributed by atoms with Crippen molar-refractivity contribution in [2.45, 2.75) is 18.4 Å². The van der Waals surface area contributed by atoms with E-state index in [-0.39, 0.29) is 17.6 Å². The number of hydrogen-bond donors (Lipinski definition) is 1. The molecule has 0 radical (unpaired) electrons. The Balaban J connectivity index is 2.11. The van der Waals surface area contributed by atoms with Crippen molar-refractivity contribution in [3.8, 4) is 0 Å². The number of hydrogen-bond acceptors (Lipinski definition) is 1. The molecule has 0 spiro atoms. The summed E-state index contributed by atoms with van der Waals surface area (Å²) >= 11 is 0. The van der Waals surface area contributed by atoms with E-state index in [0.29, 0.717) is 12.0 Å². The van der Waals surface area contributed by atoms with Crippen LogP contribution in [0.25, 0.3) is 0 Å². The lowest BCUT2D eigenvalue weighted by molar-refractivity contribution is 0.163. The second-order valence-corrected chi connectivity index (χ2v) is 4.70. The van der Waals surface area contributed by atoms with Crippen molar-refractivity contribution >= 4 is 0 Å². The molecule has 1 N–H and O–H groups in total. The third kappa shape index (κ3) is 3.52. The highest BCUT2D eigenvalue weighted by Gasteiger charge is 2.15. The molecule has 0 bridgehead atoms. The summed E-state index contributed by atoms with van der Waals surface area (Å²) in [5.74, 6) is -0.717. The number of benzene rings is 2. The number of rotatable bonds is 5. The lowest BCUT2D eigenvalue weighted by atomic mass is 9.91. The predicted molar refractivity (Wildman–Crippen MR) is 75.3 cm³/mol. The second kappa shape index (κ2) is 6.44. The molecule has 2 aromatic rings. The second-order valence-electron chi connectivity index (χ2n) is 4.70. The molecule has 104 valence electrons. The van der Waals surface area contributed by atoms with Crippen LogP contribution in [0.1, 0.15) is 29.6 Å². The van der Waals surface area contributed by atoms with Crippen LogP contribution in [-0.2, 0) is 0 Å². The third-order valence-corrected chi connectivity index (χ3v) is 3.31. The minimum atomic E-state index is -0.719. The maximum absolute atomic E-state index is 12.9. The van der Waals surface area contributed by atoms with Gasteiger partial charge in [-0.05, 0) is 41.8 Å². The average Bonchev–Trinajstić information content (AvgIpc) is 2.46. The smallest absolute Gasteiger partial charge is 0.123 e. The molecule has 0 unspecified atom stereocenters. The molecular weight excluding hydrogens is 258 g/mol. The minimum absolute atomic E-state index is 0.0874. The van der Waals surface area contributed by atoms with Crippen molar-refractivity contribution in [2.24, 2.45) is 0 Å². The van der Waals surface area contributed by atoms with Gasteiger partial charge >= 0.3 is 0 Å². The van der Waals surface area contributed by atoms with Crippen LogP contribution in [0, 0.1) is 11.6 Å². The summed E-state index contributed by atoms with van der Waals surface area (Å²) < 4.78 is 25.8. The van der Waals surface area contributed by atoms with Gasteiger partial charge < -0.3 is 5.11 Å². The number of allylic oxidation sites excluding steroid dienone is 1. The Kier molecular flexibility index (Phi) is 4.64. The number of aliphatic hydroxyl groups excluding tert-OH is 1. The van der Waals surface area contributed by atoms with Gasteiger partial charge in [-0.15, -0.1) is 6.58 Å². The van der Waals surface area contributed by atoms with Gasteiger partial charge in [-0.1, -0.05) is 30.3 Å². The van der Waals surface area contributed by atoms with E-state index >= 15 is 0 Å². The van der Waals surface area contributed by atoms with E-state index in [9.17, 15) is 13.9 Å². The Hall–Kier alpha value is -2.00. The van der Waals surface area contributed by atoms with E-state index in [2.05, 4.69) is 6.58 Å². The fourth-order valence-electron chi connectivity index (χ4n) is 2.14. The Morgan fingerprint density at radius 3 is 1.80 bits per heavy atom. The fraction of sp³-hybridized carbons (Fsp3) is 0.176. The molecule has 0 aromatic heterocycles. The molecule has 0 saturated carbocycles. The van der Waals surface area contributed by atoms with Crippen molar-refractivity contribution in [1.82, 2.24) is 0 Å². The molecule has 0 saturated heterocycles. The van der Waals surface area contributed by atoms with Crippen LogP contribution in [-0.4, -0.2) is 5.11 Å². The van der Waals surface area contributed by atoms with Crippen LogP contribution in [0.3, 0.4) is 0 Å². The Bertz CT molecular complexity index is 561. The van der Waals surface area contributed by atoms with Crippen LogP contribution in [0.4, 0.5) is 8.78 Å². The largest absolute Gasteiger partial charge is 0.388 e. The van der Waals surface area contributed by atoms with E-state index in [1.54, 1.807) is 30.3 Å². The van der Waals surface area contributed by atoms with Crippen molar-refractivity contribution in [2.75, 3.05) is 0 Å². The normalized spacial score (nSPS) is 13.8. The summed E-state index contributed by atoms with van der Waals surface area (Å²) in [4.78, 5) is 0. The quantitative estimate of drug-likeness (QED) is 0.803. The Morgan fingerprint density at radius 1 is 0.900 bits per heavy atom. The van der Waals surface area contributed by atoms with Crippen LogP contribution < -0.4 is 0 Å². The standard InChI is InChI=1S/C17H16F2O/c1-2-12(13-3-7-15(18)8-4-13)11-17(20)14-5-9-16(19)10-6-14/h2-10,12,17,20H,1,11H2/t12-,17+/m0/s1. The maximum atomic E-state index is 12.9. The highest BCUT2D eigenvalue weighted by molar-refractivity contribution is 5.26. The summed E-state index contributed by atoms with van der Waals surface area (Å²) in [5.41, 5.74) is 1.54. The highest BCUT2D eigenvalue weighted by atomic mass is 19.1. The molecule has 0 amide bonds. The molecule has 0 aliphatic heterocycles. The van der Waals surface area contributed by atoms with E-state index < -0.39 is 6.10 Å². The molecule has 0 aliphatic rings.